The number of hydrogen-bond acceptors (Lipinski definition) is 4. The van der Waals surface area contributed by atoms with Crippen molar-refractivity contribution in [2.45, 2.75) is 24.8 Å². The summed E-state index contributed by atoms with van der Waals surface area (Å²) in [7, 11) is -3.99. The number of hydrogen-bond donors (Lipinski definition) is 2. The molecule has 6 nitrogen and oxygen atoms in total. The highest BCUT2D eigenvalue weighted by Gasteiger charge is 2.20. The van der Waals surface area contributed by atoms with Crippen molar-refractivity contribution in [2.24, 2.45) is 0 Å². The number of urea groups is 1. The van der Waals surface area contributed by atoms with Crippen LogP contribution in [0.2, 0.25) is 0 Å². The lowest BCUT2D eigenvalue weighted by molar-refractivity contribution is 0.244. The van der Waals surface area contributed by atoms with Gasteiger partial charge in [-0.05, 0) is 31.5 Å². The van der Waals surface area contributed by atoms with Gasteiger partial charge in [0.1, 0.15) is 6.04 Å². The smallest absolute Gasteiger partial charge is 0.317 e. The maximum absolute atomic E-state index is 12.2. The molecule has 0 aliphatic rings. The number of carbonyl (C=O) groups is 1. The monoisotopic (exact) mass is 343 g/mol. The van der Waals surface area contributed by atoms with Gasteiger partial charge in [-0.2, -0.15) is 5.26 Å². The molecule has 0 saturated heterocycles. The molecule has 2 rings (SSSR count). The van der Waals surface area contributed by atoms with Gasteiger partial charge in [-0.3, -0.25) is 0 Å². The van der Waals surface area contributed by atoms with E-state index in [1.165, 1.54) is 12.1 Å². The Balaban J connectivity index is 2.10. The predicted molar refractivity (Wildman–Crippen MR) is 89.6 cm³/mol. The van der Waals surface area contributed by atoms with Crippen LogP contribution in [0, 0.1) is 25.2 Å². The van der Waals surface area contributed by atoms with E-state index in [4.69, 9.17) is 0 Å². The first kappa shape index (κ1) is 17.5. The third-order valence-corrected chi connectivity index (χ3v) is 4.72. The lowest BCUT2D eigenvalue weighted by Crippen LogP contribution is -2.40. The fraction of sp³-hybridized carbons (Fsp3) is 0.176. The number of nitriles is 1. The molecule has 124 valence electrons. The number of amides is 2. The Labute approximate surface area is 141 Å². The van der Waals surface area contributed by atoms with Crippen LogP contribution < -0.4 is 10.0 Å². The first-order chi connectivity index (χ1) is 11.3. The van der Waals surface area contributed by atoms with Crippen molar-refractivity contribution >= 4 is 16.1 Å². The average Bonchev–Trinajstić information content (AvgIpc) is 2.53. The lowest BCUT2D eigenvalue weighted by Gasteiger charge is -2.13. The fourth-order valence-electron chi connectivity index (χ4n) is 2.01. The molecule has 24 heavy (non-hydrogen) atoms. The Bertz CT molecular complexity index is 867. The van der Waals surface area contributed by atoms with Gasteiger partial charge in [0, 0.05) is 0 Å². The minimum Gasteiger partial charge on any atom is -0.317 e. The van der Waals surface area contributed by atoms with E-state index in [1.54, 1.807) is 24.3 Å². The first-order valence-electron chi connectivity index (χ1n) is 7.18. The molecule has 0 aliphatic heterocycles. The second-order valence-corrected chi connectivity index (χ2v) is 7.05. The van der Waals surface area contributed by atoms with E-state index in [2.05, 4.69) is 5.32 Å². The SMILES string of the molecule is Cc1ccc(C(C#N)NC(=O)NS(=O)(=O)c2ccc(C)cc2)cc1. The van der Waals surface area contributed by atoms with Gasteiger partial charge in [-0.25, -0.2) is 17.9 Å². The fourth-order valence-corrected chi connectivity index (χ4v) is 2.92. The molecular formula is C17H17N3O3S. The number of benzene rings is 2. The van der Waals surface area contributed by atoms with Crippen LogP contribution in [-0.4, -0.2) is 14.4 Å². The molecule has 0 heterocycles. The minimum atomic E-state index is -3.99. The Morgan fingerprint density at radius 1 is 1.00 bits per heavy atom. The second-order valence-electron chi connectivity index (χ2n) is 5.36. The van der Waals surface area contributed by atoms with Crippen LogP contribution in [0.1, 0.15) is 22.7 Å². The Kier molecular flexibility index (Phi) is 5.21. The molecule has 2 amide bonds. The van der Waals surface area contributed by atoms with Crippen LogP contribution in [0.25, 0.3) is 0 Å². The zero-order valence-corrected chi connectivity index (χ0v) is 14.1. The molecule has 0 radical (unpaired) electrons. The Morgan fingerprint density at radius 3 is 2.00 bits per heavy atom. The highest BCUT2D eigenvalue weighted by molar-refractivity contribution is 7.90. The van der Waals surface area contributed by atoms with E-state index in [1.807, 2.05) is 36.8 Å². The van der Waals surface area contributed by atoms with E-state index < -0.39 is 22.1 Å². The number of sulfonamides is 1. The van der Waals surface area contributed by atoms with Gasteiger partial charge in [0.2, 0.25) is 0 Å². The summed E-state index contributed by atoms with van der Waals surface area (Å²) in [5.74, 6) is 0. The zero-order valence-electron chi connectivity index (χ0n) is 13.3. The van der Waals surface area contributed by atoms with Crippen molar-refractivity contribution < 1.29 is 13.2 Å². The maximum atomic E-state index is 12.2. The molecule has 1 unspecified atom stereocenters. The molecule has 0 aliphatic carbocycles. The van der Waals surface area contributed by atoms with E-state index in [0.717, 1.165) is 11.1 Å². The van der Waals surface area contributed by atoms with Crippen molar-refractivity contribution in [3.8, 4) is 6.07 Å². The largest absolute Gasteiger partial charge is 0.330 e. The summed E-state index contributed by atoms with van der Waals surface area (Å²) in [4.78, 5) is 11.9. The molecule has 0 fully saturated rings. The van der Waals surface area contributed by atoms with Gasteiger partial charge in [0.05, 0.1) is 11.0 Å². The van der Waals surface area contributed by atoms with Crippen molar-refractivity contribution in [3.05, 3.63) is 65.2 Å². The van der Waals surface area contributed by atoms with Gasteiger partial charge < -0.3 is 5.32 Å². The van der Waals surface area contributed by atoms with Gasteiger partial charge in [-0.15, -0.1) is 0 Å². The molecular weight excluding hydrogens is 326 g/mol. The van der Waals surface area contributed by atoms with Crippen LogP contribution in [-0.2, 0) is 10.0 Å². The van der Waals surface area contributed by atoms with Gasteiger partial charge in [-0.1, -0.05) is 47.5 Å². The average molecular weight is 343 g/mol. The predicted octanol–water partition coefficient (Wildman–Crippen LogP) is 2.56. The summed E-state index contributed by atoms with van der Waals surface area (Å²) < 4.78 is 26.2. The van der Waals surface area contributed by atoms with E-state index in [0.29, 0.717) is 5.56 Å². The van der Waals surface area contributed by atoms with E-state index >= 15 is 0 Å². The number of nitrogens with one attached hydrogen (secondary N) is 2. The maximum Gasteiger partial charge on any atom is 0.330 e. The van der Waals surface area contributed by atoms with Crippen LogP contribution in [0.15, 0.2) is 53.4 Å². The molecule has 2 aromatic rings. The van der Waals surface area contributed by atoms with Gasteiger partial charge in [0.15, 0.2) is 0 Å². The first-order valence-corrected chi connectivity index (χ1v) is 8.66. The summed E-state index contributed by atoms with van der Waals surface area (Å²) in [6.07, 6.45) is 0. The molecule has 7 heteroatoms. The quantitative estimate of drug-likeness (QED) is 0.891. The Morgan fingerprint density at radius 2 is 1.50 bits per heavy atom. The number of carbonyl (C=O) groups excluding carboxylic acids is 1. The normalized spacial score (nSPS) is 12.0. The summed E-state index contributed by atoms with van der Waals surface area (Å²) in [6.45, 7) is 3.73. The van der Waals surface area contributed by atoms with Crippen molar-refractivity contribution in [2.75, 3.05) is 0 Å². The van der Waals surface area contributed by atoms with Crippen LogP contribution >= 0.6 is 0 Å². The standard InChI is InChI=1S/C17H17N3O3S/c1-12-3-7-14(8-4-12)16(11-18)19-17(21)20-24(22,23)15-9-5-13(2)6-10-15/h3-10,16H,1-2H3,(H2,19,20,21). The molecule has 0 aromatic heterocycles. The van der Waals surface area contributed by atoms with Crippen LogP contribution in [0.4, 0.5) is 4.79 Å². The summed E-state index contributed by atoms with van der Waals surface area (Å²) in [5, 5.41) is 11.6. The molecule has 2 aromatic carbocycles. The van der Waals surface area contributed by atoms with Crippen molar-refractivity contribution in [1.82, 2.24) is 10.0 Å². The summed E-state index contributed by atoms with van der Waals surface area (Å²) in [5.41, 5.74) is 2.50. The molecule has 0 saturated carbocycles. The molecule has 0 bridgehead atoms. The molecule has 2 N–H and O–H groups in total. The third-order valence-electron chi connectivity index (χ3n) is 3.37. The van der Waals surface area contributed by atoms with Crippen LogP contribution in [0.3, 0.4) is 0 Å². The van der Waals surface area contributed by atoms with Gasteiger partial charge in [0.25, 0.3) is 10.0 Å². The summed E-state index contributed by atoms with van der Waals surface area (Å²) in [6, 6.07) is 13.2. The molecule has 0 spiro atoms. The zero-order chi connectivity index (χ0) is 17.7. The van der Waals surface area contributed by atoms with Crippen LogP contribution in [0.5, 0.6) is 0 Å². The number of rotatable bonds is 4. The van der Waals surface area contributed by atoms with Crippen molar-refractivity contribution in [3.63, 3.8) is 0 Å². The topological polar surface area (TPSA) is 99.1 Å². The van der Waals surface area contributed by atoms with E-state index in [-0.39, 0.29) is 4.90 Å². The minimum absolute atomic E-state index is 0.0212. The number of nitrogens with zero attached hydrogens (tertiary/aromatic N) is 1. The Hall–Kier alpha value is -2.85. The molecule has 1 atom stereocenters. The summed E-state index contributed by atoms with van der Waals surface area (Å²) >= 11 is 0. The second kappa shape index (κ2) is 7.15. The van der Waals surface area contributed by atoms with Gasteiger partial charge >= 0.3 is 6.03 Å². The lowest BCUT2D eigenvalue weighted by atomic mass is 10.1. The highest BCUT2D eigenvalue weighted by Crippen LogP contribution is 2.14. The highest BCUT2D eigenvalue weighted by atomic mass is 32.2. The van der Waals surface area contributed by atoms with E-state index in [9.17, 15) is 18.5 Å². The third kappa shape index (κ3) is 4.33. The number of aryl methyl sites for hydroxylation is 2. The van der Waals surface area contributed by atoms with Crippen molar-refractivity contribution in [1.29, 1.82) is 5.26 Å².